The second kappa shape index (κ2) is 6.65. The normalized spacial score (nSPS) is 24.8. The standard InChI is InChI=1S/C14H21N3O2S/c18-13(11-16-5-7-19-8-6-16)17-4-1-2-12(10-17)14-15-3-9-20-14/h3,9,12H,1-2,4-8,10-11H2. The summed E-state index contributed by atoms with van der Waals surface area (Å²) in [6.45, 7) is 5.49. The lowest BCUT2D eigenvalue weighted by molar-refractivity contribution is -0.134. The highest BCUT2D eigenvalue weighted by Gasteiger charge is 2.27. The molecule has 2 saturated heterocycles. The first-order valence-electron chi connectivity index (χ1n) is 7.30. The molecule has 1 amide bonds. The van der Waals surface area contributed by atoms with Gasteiger partial charge in [0, 0.05) is 43.7 Å². The Bertz CT molecular complexity index is 432. The average molecular weight is 295 g/mol. The molecule has 0 N–H and O–H groups in total. The predicted molar refractivity (Wildman–Crippen MR) is 77.9 cm³/mol. The Kier molecular flexibility index (Phi) is 4.65. The van der Waals surface area contributed by atoms with Gasteiger partial charge in [-0.2, -0.15) is 0 Å². The lowest BCUT2D eigenvalue weighted by Crippen LogP contribution is -2.47. The third kappa shape index (κ3) is 3.37. The number of carbonyl (C=O) groups is 1. The smallest absolute Gasteiger partial charge is 0.236 e. The molecule has 0 saturated carbocycles. The van der Waals surface area contributed by atoms with Crippen LogP contribution in [0.15, 0.2) is 11.6 Å². The molecular weight excluding hydrogens is 274 g/mol. The second-order valence-corrected chi connectivity index (χ2v) is 6.36. The topological polar surface area (TPSA) is 45.7 Å². The van der Waals surface area contributed by atoms with Gasteiger partial charge in [-0.05, 0) is 12.8 Å². The number of piperidine rings is 1. The van der Waals surface area contributed by atoms with E-state index in [1.165, 1.54) is 5.01 Å². The maximum Gasteiger partial charge on any atom is 0.236 e. The van der Waals surface area contributed by atoms with Crippen LogP contribution in [-0.2, 0) is 9.53 Å². The summed E-state index contributed by atoms with van der Waals surface area (Å²) in [6, 6.07) is 0. The molecule has 0 spiro atoms. The Morgan fingerprint density at radius 3 is 3.00 bits per heavy atom. The van der Waals surface area contributed by atoms with Gasteiger partial charge in [0.05, 0.1) is 24.8 Å². The molecule has 2 aliphatic heterocycles. The van der Waals surface area contributed by atoms with Gasteiger partial charge in [-0.1, -0.05) is 0 Å². The Morgan fingerprint density at radius 1 is 1.40 bits per heavy atom. The molecule has 1 aromatic rings. The Hall–Kier alpha value is -0.980. The summed E-state index contributed by atoms with van der Waals surface area (Å²) in [5.74, 6) is 0.686. The van der Waals surface area contributed by atoms with Crippen LogP contribution in [0.4, 0.5) is 0 Å². The molecule has 1 atom stereocenters. The molecule has 0 radical (unpaired) electrons. The highest BCUT2D eigenvalue weighted by Crippen LogP contribution is 2.28. The van der Waals surface area contributed by atoms with E-state index >= 15 is 0 Å². The first-order chi connectivity index (χ1) is 9.83. The minimum absolute atomic E-state index is 0.258. The van der Waals surface area contributed by atoms with Crippen molar-refractivity contribution in [1.82, 2.24) is 14.8 Å². The number of hydrogen-bond donors (Lipinski definition) is 0. The van der Waals surface area contributed by atoms with E-state index in [2.05, 4.69) is 9.88 Å². The minimum Gasteiger partial charge on any atom is -0.379 e. The van der Waals surface area contributed by atoms with E-state index in [-0.39, 0.29) is 5.91 Å². The Balaban J connectivity index is 1.54. The lowest BCUT2D eigenvalue weighted by Gasteiger charge is -2.34. The number of nitrogens with zero attached hydrogens (tertiary/aromatic N) is 3. The fraction of sp³-hybridized carbons (Fsp3) is 0.714. The van der Waals surface area contributed by atoms with Crippen LogP contribution in [0.2, 0.25) is 0 Å². The number of amides is 1. The fourth-order valence-electron chi connectivity index (χ4n) is 2.89. The van der Waals surface area contributed by atoms with Crippen molar-refractivity contribution in [2.24, 2.45) is 0 Å². The van der Waals surface area contributed by atoms with Crippen molar-refractivity contribution in [3.63, 3.8) is 0 Å². The van der Waals surface area contributed by atoms with Gasteiger partial charge in [0.1, 0.15) is 0 Å². The highest BCUT2D eigenvalue weighted by molar-refractivity contribution is 7.09. The lowest BCUT2D eigenvalue weighted by atomic mass is 9.98. The number of hydrogen-bond acceptors (Lipinski definition) is 5. The van der Waals surface area contributed by atoms with E-state index in [1.807, 2.05) is 16.5 Å². The van der Waals surface area contributed by atoms with Crippen molar-refractivity contribution >= 4 is 17.2 Å². The van der Waals surface area contributed by atoms with Crippen LogP contribution in [0.1, 0.15) is 23.8 Å². The molecule has 20 heavy (non-hydrogen) atoms. The van der Waals surface area contributed by atoms with Crippen LogP contribution < -0.4 is 0 Å². The summed E-state index contributed by atoms with van der Waals surface area (Å²) in [4.78, 5) is 21.0. The molecule has 110 valence electrons. The molecule has 5 nitrogen and oxygen atoms in total. The van der Waals surface area contributed by atoms with E-state index < -0.39 is 0 Å². The van der Waals surface area contributed by atoms with E-state index in [4.69, 9.17) is 4.74 Å². The van der Waals surface area contributed by atoms with Crippen LogP contribution in [0, 0.1) is 0 Å². The van der Waals surface area contributed by atoms with Gasteiger partial charge >= 0.3 is 0 Å². The van der Waals surface area contributed by atoms with Crippen molar-refractivity contribution in [2.75, 3.05) is 45.9 Å². The molecule has 3 heterocycles. The van der Waals surface area contributed by atoms with Crippen LogP contribution in [0.25, 0.3) is 0 Å². The number of carbonyl (C=O) groups excluding carboxylic acids is 1. The largest absolute Gasteiger partial charge is 0.379 e. The van der Waals surface area contributed by atoms with E-state index in [0.717, 1.165) is 52.2 Å². The predicted octanol–water partition coefficient (Wildman–Crippen LogP) is 1.18. The van der Waals surface area contributed by atoms with Gasteiger partial charge in [-0.15, -0.1) is 11.3 Å². The molecule has 3 rings (SSSR count). The molecule has 1 unspecified atom stereocenters. The molecule has 2 fully saturated rings. The number of ether oxygens (including phenoxy) is 1. The summed E-state index contributed by atoms with van der Waals surface area (Å²) in [5, 5.41) is 3.19. The minimum atomic E-state index is 0.258. The second-order valence-electron chi connectivity index (χ2n) is 5.44. The molecule has 0 bridgehead atoms. The van der Waals surface area contributed by atoms with Crippen LogP contribution in [0.5, 0.6) is 0 Å². The van der Waals surface area contributed by atoms with Crippen LogP contribution >= 0.6 is 11.3 Å². The summed E-state index contributed by atoms with van der Waals surface area (Å²) in [7, 11) is 0. The maximum atomic E-state index is 12.4. The van der Waals surface area contributed by atoms with Gasteiger partial charge in [-0.3, -0.25) is 9.69 Å². The van der Waals surface area contributed by atoms with Crippen molar-refractivity contribution in [3.8, 4) is 0 Å². The molecule has 0 aromatic carbocycles. The molecule has 6 heteroatoms. The van der Waals surface area contributed by atoms with Gasteiger partial charge < -0.3 is 9.64 Å². The number of likely N-dealkylation sites (tertiary alicyclic amines) is 1. The molecule has 1 aromatic heterocycles. The van der Waals surface area contributed by atoms with Crippen LogP contribution in [-0.4, -0.2) is 66.6 Å². The summed E-state index contributed by atoms with van der Waals surface area (Å²) in [6.07, 6.45) is 4.09. The molecule has 0 aliphatic carbocycles. The van der Waals surface area contributed by atoms with Gasteiger partial charge in [0.2, 0.25) is 5.91 Å². The van der Waals surface area contributed by atoms with Crippen molar-refractivity contribution in [1.29, 1.82) is 0 Å². The van der Waals surface area contributed by atoms with Gasteiger partial charge in [0.25, 0.3) is 0 Å². The first kappa shape index (κ1) is 14.0. The number of rotatable bonds is 3. The van der Waals surface area contributed by atoms with E-state index in [9.17, 15) is 4.79 Å². The summed E-state index contributed by atoms with van der Waals surface area (Å²) >= 11 is 1.70. The monoisotopic (exact) mass is 295 g/mol. The van der Waals surface area contributed by atoms with Crippen molar-refractivity contribution < 1.29 is 9.53 Å². The van der Waals surface area contributed by atoms with Crippen molar-refractivity contribution in [3.05, 3.63) is 16.6 Å². The maximum absolute atomic E-state index is 12.4. The zero-order valence-electron chi connectivity index (χ0n) is 11.7. The third-order valence-corrected chi connectivity index (χ3v) is 4.98. The molecule has 2 aliphatic rings. The highest BCUT2D eigenvalue weighted by atomic mass is 32.1. The summed E-state index contributed by atoms with van der Waals surface area (Å²) in [5.41, 5.74) is 0. The van der Waals surface area contributed by atoms with E-state index in [0.29, 0.717) is 12.5 Å². The zero-order valence-corrected chi connectivity index (χ0v) is 12.5. The number of aromatic nitrogens is 1. The van der Waals surface area contributed by atoms with Gasteiger partial charge in [0.15, 0.2) is 0 Å². The summed E-state index contributed by atoms with van der Waals surface area (Å²) < 4.78 is 5.32. The average Bonchev–Trinajstić information content (AvgIpc) is 3.03. The Morgan fingerprint density at radius 2 is 2.25 bits per heavy atom. The van der Waals surface area contributed by atoms with Gasteiger partial charge in [-0.25, -0.2) is 4.98 Å². The number of morpholine rings is 1. The van der Waals surface area contributed by atoms with Crippen molar-refractivity contribution in [2.45, 2.75) is 18.8 Å². The first-order valence-corrected chi connectivity index (χ1v) is 8.18. The fourth-order valence-corrected chi connectivity index (χ4v) is 3.66. The zero-order chi connectivity index (χ0) is 13.8. The third-order valence-electron chi connectivity index (χ3n) is 4.04. The molecular formula is C14H21N3O2S. The van der Waals surface area contributed by atoms with E-state index in [1.54, 1.807) is 11.3 Å². The Labute approximate surface area is 123 Å². The number of thiazole rings is 1. The SMILES string of the molecule is O=C(CN1CCOCC1)N1CCCC(c2nccs2)C1. The quantitative estimate of drug-likeness (QED) is 0.840. The van der Waals surface area contributed by atoms with Crippen LogP contribution in [0.3, 0.4) is 0 Å².